The van der Waals surface area contributed by atoms with Gasteiger partial charge in [0.25, 0.3) is 0 Å². The molecule has 0 amide bonds. The average molecular weight is 536 g/mol. The first-order valence-corrected chi connectivity index (χ1v) is 11.5. The Bertz CT molecular complexity index is 1130. The van der Waals surface area contributed by atoms with Gasteiger partial charge >= 0.3 is 0 Å². The van der Waals surface area contributed by atoms with Crippen molar-refractivity contribution in [3.8, 4) is 0 Å². The molecule has 2 spiro atoms. The Hall–Kier alpha value is -3.21. The molecular formula is C22H25Cl3N10. The van der Waals surface area contributed by atoms with E-state index in [0.717, 1.165) is 11.4 Å². The monoisotopic (exact) mass is 534 g/mol. The van der Waals surface area contributed by atoms with Gasteiger partial charge in [-0.15, -0.1) is 12.4 Å². The van der Waals surface area contributed by atoms with Crippen molar-refractivity contribution in [1.29, 1.82) is 0 Å². The van der Waals surface area contributed by atoms with Gasteiger partial charge in [-0.2, -0.15) is 9.98 Å². The lowest BCUT2D eigenvalue weighted by atomic mass is 9.79. The lowest BCUT2D eigenvalue weighted by molar-refractivity contribution is 0.213. The summed E-state index contributed by atoms with van der Waals surface area (Å²) in [5.74, 6) is 0.822. The van der Waals surface area contributed by atoms with Crippen LogP contribution in [0.15, 0.2) is 68.5 Å². The second-order valence-electron chi connectivity index (χ2n) is 8.47. The molecule has 1 saturated carbocycles. The molecule has 13 heteroatoms. The first kappa shape index (κ1) is 24.9. The summed E-state index contributed by atoms with van der Waals surface area (Å²) in [6.07, 6.45) is 2.22. The van der Waals surface area contributed by atoms with E-state index in [1.165, 1.54) is 0 Å². The van der Waals surface area contributed by atoms with Crippen LogP contribution in [0.1, 0.15) is 25.7 Å². The van der Waals surface area contributed by atoms with Crippen molar-refractivity contribution >= 4 is 70.8 Å². The first-order chi connectivity index (χ1) is 16.2. The zero-order valence-electron chi connectivity index (χ0n) is 18.6. The molecule has 0 atom stereocenters. The van der Waals surface area contributed by atoms with E-state index < -0.39 is 11.3 Å². The van der Waals surface area contributed by atoms with E-state index in [-0.39, 0.29) is 36.2 Å². The summed E-state index contributed by atoms with van der Waals surface area (Å²) in [7, 11) is 0. The van der Waals surface area contributed by atoms with Gasteiger partial charge in [-0.05, 0) is 74.2 Å². The SMILES string of the molecule is Cl.NC1=NC2(CCC3(CC2)N=C(N)N=C(N)N3c2ccc(Cl)cc2)N(c2ccc(Cl)cc2)C(N)=N1. The Morgan fingerprint density at radius 1 is 0.600 bits per heavy atom. The van der Waals surface area contributed by atoms with Crippen LogP contribution < -0.4 is 32.7 Å². The highest BCUT2D eigenvalue weighted by Crippen LogP contribution is 2.47. The molecule has 1 aliphatic carbocycles. The normalized spacial score (nSPS) is 26.0. The number of rotatable bonds is 2. The fourth-order valence-corrected chi connectivity index (χ4v) is 5.24. The molecule has 0 saturated heterocycles. The summed E-state index contributed by atoms with van der Waals surface area (Å²) in [5, 5.41) is 1.24. The van der Waals surface area contributed by atoms with Crippen molar-refractivity contribution in [3.63, 3.8) is 0 Å². The number of hydrogen-bond donors (Lipinski definition) is 4. The standard InChI is InChI=1S/C22H24Cl2N10.ClH/c23-13-1-5-15(6-2-13)33-19(27)29-17(25)31-21(33)9-11-22(12-10-21)32-18(26)30-20(28)34(22)16-7-3-14(24)4-8-16;/h1-8H,9-12H2,(H4,25,27,29,31)(H4,26,28,30,32);1H. The Labute approximate surface area is 218 Å². The van der Waals surface area contributed by atoms with Crippen LogP contribution in [0.25, 0.3) is 0 Å². The fraction of sp³-hybridized carbons (Fsp3) is 0.273. The summed E-state index contributed by atoms with van der Waals surface area (Å²) < 4.78 is 0. The zero-order valence-corrected chi connectivity index (χ0v) is 20.9. The quantitative estimate of drug-likeness (QED) is 0.462. The highest BCUT2D eigenvalue weighted by atomic mass is 35.5. The van der Waals surface area contributed by atoms with Crippen LogP contribution in [0.4, 0.5) is 11.4 Å². The van der Waals surface area contributed by atoms with Gasteiger partial charge in [0.05, 0.1) is 0 Å². The van der Waals surface area contributed by atoms with Crippen LogP contribution in [0.2, 0.25) is 10.0 Å². The number of hydrogen-bond acceptors (Lipinski definition) is 10. The molecule has 2 heterocycles. The third-order valence-corrected chi connectivity index (χ3v) is 6.92. The number of halogens is 3. The van der Waals surface area contributed by atoms with E-state index in [1.54, 1.807) is 24.3 Å². The molecule has 3 aliphatic rings. The Balaban J connectivity index is 0.00000289. The molecular weight excluding hydrogens is 511 g/mol. The lowest BCUT2D eigenvalue weighted by Crippen LogP contribution is -2.65. The molecule has 2 aliphatic heterocycles. The van der Waals surface area contributed by atoms with Crippen LogP contribution in [-0.2, 0) is 0 Å². The van der Waals surface area contributed by atoms with Crippen molar-refractivity contribution in [3.05, 3.63) is 58.6 Å². The molecule has 35 heavy (non-hydrogen) atoms. The third kappa shape index (κ3) is 4.33. The number of nitrogens with zero attached hydrogens (tertiary/aromatic N) is 6. The maximum absolute atomic E-state index is 6.36. The van der Waals surface area contributed by atoms with Crippen LogP contribution in [0.5, 0.6) is 0 Å². The molecule has 2 aromatic carbocycles. The van der Waals surface area contributed by atoms with Gasteiger partial charge in [-0.1, -0.05) is 23.2 Å². The van der Waals surface area contributed by atoms with Crippen molar-refractivity contribution < 1.29 is 0 Å². The number of nitrogens with two attached hydrogens (primary N) is 4. The predicted molar refractivity (Wildman–Crippen MR) is 146 cm³/mol. The summed E-state index contributed by atoms with van der Waals surface area (Å²) >= 11 is 12.2. The van der Waals surface area contributed by atoms with Gasteiger partial charge in [-0.25, -0.2) is 9.98 Å². The first-order valence-electron chi connectivity index (χ1n) is 10.7. The van der Waals surface area contributed by atoms with Crippen LogP contribution in [-0.4, -0.2) is 35.2 Å². The molecule has 2 aromatic rings. The van der Waals surface area contributed by atoms with Gasteiger partial charge in [0.1, 0.15) is 11.3 Å². The Kier molecular flexibility index (Phi) is 6.48. The second-order valence-corrected chi connectivity index (χ2v) is 9.34. The minimum Gasteiger partial charge on any atom is -0.369 e. The van der Waals surface area contributed by atoms with Crippen LogP contribution >= 0.6 is 35.6 Å². The summed E-state index contributed by atoms with van der Waals surface area (Å²) in [6.45, 7) is 0. The van der Waals surface area contributed by atoms with Crippen LogP contribution in [0.3, 0.4) is 0 Å². The molecule has 8 N–H and O–H groups in total. The van der Waals surface area contributed by atoms with Gasteiger partial charge in [0.15, 0.2) is 0 Å². The topological polar surface area (TPSA) is 160 Å². The number of benzene rings is 2. The van der Waals surface area contributed by atoms with E-state index >= 15 is 0 Å². The van der Waals surface area contributed by atoms with Gasteiger partial charge in [0.2, 0.25) is 23.8 Å². The van der Waals surface area contributed by atoms with E-state index in [0.29, 0.717) is 35.7 Å². The molecule has 0 bridgehead atoms. The van der Waals surface area contributed by atoms with Gasteiger partial charge in [0, 0.05) is 21.4 Å². The fourth-order valence-electron chi connectivity index (χ4n) is 4.98. The van der Waals surface area contributed by atoms with Crippen molar-refractivity contribution in [2.75, 3.05) is 9.80 Å². The van der Waals surface area contributed by atoms with E-state index in [4.69, 9.17) is 56.1 Å². The predicted octanol–water partition coefficient (Wildman–Crippen LogP) is 2.98. The second kappa shape index (κ2) is 9.10. The smallest absolute Gasteiger partial charge is 0.220 e. The molecule has 0 unspecified atom stereocenters. The number of anilines is 2. The van der Waals surface area contributed by atoms with Gasteiger partial charge in [-0.3, -0.25) is 9.80 Å². The highest BCUT2D eigenvalue weighted by molar-refractivity contribution is 6.31. The Morgan fingerprint density at radius 3 is 1.23 bits per heavy atom. The maximum atomic E-state index is 6.36. The number of guanidine groups is 4. The largest absolute Gasteiger partial charge is 0.369 e. The van der Waals surface area contributed by atoms with Crippen molar-refractivity contribution in [1.82, 2.24) is 0 Å². The zero-order chi connectivity index (χ0) is 24.1. The Morgan fingerprint density at radius 2 is 0.914 bits per heavy atom. The minimum atomic E-state index is -0.742. The van der Waals surface area contributed by atoms with E-state index in [9.17, 15) is 0 Å². The van der Waals surface area contributed by atoms with Crippen LogP contribution in [0, 0.1) is 0 Å². The maximum Gasteiger partial charge on any atom is 0.220 e. The number of aliphatic imine (C=N–C) groups is 4. The summed E-state index contributed by atoms with van der Waals surface area (Å²) in [5.41, 5.74) is 25.0. The van der Waals surface area contributed by atoms with Crippen molar-refractivity contribution in [2.24, 2.45) is 42.9 Å². The highest BCUT2D eigenvalue weighted by Gasteiger charge is 2.53. The molecule has 0 aromatic heterocycles. The third-order valence-electron chi connectivity index (χ3n) is 6.42. The summed E-state index contributed by atoms with van der Waals surface area (Å²) in [6, 6.07) is 14.7. The average Bonchev–Trinajstić information content (AvgIpc) is 2.78. The minimum absolute atomic E-state index is 0. The molecule has 184 valence electrons. The molecule has 0 radical (unpaired) electrons. The van der Waals surface area contributed by atoms with Crippen molar-refractivity contribution in [2.45, 2.75) is 37.0 Å². The van der Waals surface area contributed by atoms with Gasteiger partial charge < -0.3 is 22.9 Å². The summed E-state index contributed by atoms with van der Waals surface area (Å²) in [4.78, 5) is 21.8. The van der Waals surface area contributed by atoms with E-state index in [2.05, 4.69) is 9.98 Å². The van der Waals surface area contributed by atoms with E-state index in [1.807, 2.05) is 34.1 Å². The molecule has 1 fully saturated rings. The lowest BCUT2D eigenvalue weighted by Gasteiger charge is -2.52. The molecule has 5 rings (SSSR count). The molecule has 10 nitrogen and oxygen atoms in total.